The maximum Gasteiger partial charge on any atom is 0.255 e. The lowest BCUT2D eigenvalue weighted by molar-refractivity contribution is 0.102. The Balaban J connectivity index is 1.46. The Labute approximate surface area is 199 Å². The van der Waals surface area contributed by atoms with Crippen LogP contribution in [0.4, 0.5) is 5.69 Å². The maximum atomic E-state index is 13.0. The number of carbonyl (C=O) groups is 1. The molecule has 0 aliphatic heterocycles. The summed E-state index contributed by atoms with van der Waals surface area (Å²) < 4.78 is 7.72. The minimum absolute atomic E-state index is 0.185. The minimum Gasteiger partial charge on any atom is -0.487 e. The van der Waals surface area contributed by atoms with Crippen molar-refractivity contribution in [1.82, 2.24) is 9.78 Å². The van der Waals surface area contributed by atoms with Crippen molar-refractivity contribution in [2.75, 3.05) is 5.32 Å². The Kier molecular flexibility index (Phi) is 6.80. The number of carbonyl (C=O) groups excluding carboxylic acids is 1. The molecule has 168 valence electrons. The summed E-state index contributed by atoms with van der Waals surface area (Å²) in [5.41, 5.74) is 6.26. The SMILES string of the molecule is Cc1ccc(Cn2nc(C)c(NC(=O)c3cccc(COc4ccccc4Cl)c3)c2C)cc1. The third-order valence-electron chi connectivity index (χ3n) is 5.49. The van der Waals surface area contributed by atoms with Gasteiger partial charge in [-0.2, -0.15) is 5.10 Å². The van der Waals surface area contributed by atoms with E-state index in [-0.39, 0.29) is 5.91 Å². The van der Waals surface area contributed by atoms with E-state index in [1.54, 1.807) is 12.1 Å². The van der Waals surface area contributed by atoms with Gasteiger partial charge < -0.3 is 10.1 Å². The van der Waals surface area contributed by atoms with Crippen LogP contribution in [-0.4, -0.2) is 15.7 Å². The van der Waals surface area contributed by atoms with Crippen LogP contribution < -0.4 is 10.1 Å². The molecule has 0 spiro atoms. The van der Waals surface area contributed by atoms with Crippen LogP contribution in [0.15, 0.2) is 72.8 Å². The maximum absolute atomic E-state index is 13.0. The summed E-state index contributed by atoms with van der Waals surface area (Å²) in [7, 11) is 0. The van der Waals surface area contributed by atoms with Gasteiger partial charge in [0.05, 0.1) is 28.6 Å². The molecule has 0 saturated heterocycles. The summed E-state index contributed by atoms with van der Waals surface area (Å²) >= 11 is 6.15. The fourth-order valence-electron chi connectivity index (χ4n) is 3.61. The lowest BCUT2D eigenvalue weighted by Crippen LogP contribution is -2.14. The Bertz CT molecular complexity index is 1280. The zero-order chi connectivity index (χ0) is 23.4. The van der Waals surface area contributed by atoms with Gasteiger partial charge in [0.1, 0.15) is 12.4 Å². The van der Waals surface area contributed by atoms with Crippen LogP contribution in [0.3, 0.4) is 0 Å². The number of para-hydroxylation sites is 1. The van der Waals surface area contributed by atoms with Crippen LogP contribution in [0.2, 0.25) is 5.02 Å². The van der Waals surface area contributed by atoms with Crippen molar-refractivity contribution in [3.05, 3.63) is 111 Å². The average Bonchev–Trinajstić information content (AvgIpc) is 3.07. The number of aromatic nitrogens is 2. The van der Waals surface area contributed by atoms with E-state index >= 15 is 0 Å². The molecule has 5 nitrogen and oxygen atoms in total. The van der Waals surface area contributed by atoms with Gasteiger partial charge in [-0.15, -0.1) is 0 Å². The van der Waals surface area contributed by atoms with E-state index < -0.39 is 0 Å². The third-order valence-corrected chi connectivity index (χ3v) is 5.81. The number of anilines is 1. The quantitative estimate of drug-likeness (QED) is 0.350. The highest BCUT2D eigenvalue weighted by Crippen LogP contribution is 2.25. The van der Waals surface area contributed by atoms with E-state index in [0.717, 1.165) is 28.2 Å². The van der Waals surface area contributed by atoms with Crippen molar-refractivity contribution >= 4 is 23.2 Å². The van der Waals surface area contributed by atoms with Crippen molar-refractivity contribution in [3.63, 3.8) is 0 Å². The van der Waals surface area contributed by atoms with Crippen LogP contribution in [-0.2, 0) is 13.2 Å². The molecule has 0 saturated carbocycles. The van der Waals surface area contributed by atoms with Crippen LogP contribution in [0.5, 0.6) is 5.75 Å². The predicted molar refractivity (Wildman–Crippen MR) is 132 cm³/mol. The van der Waals surface area contributed by atoms with E-state index in [4.69, 9.17) is 16.3 Å². The van der Waals surface area contributed by atoms with Gasteiger partial charge in [0.25, 0.3) is 5.91 Å². The second kappa shape index (κ2) is 9.92. The van der Waals surface area contributed by atoms with Crippen molar-refractivity contribution in [3.8, 4) is 5.75 Å². The highest BCUT2D eigenvalue weighted by atomic mass is 35.5. The molecular weight excluding hydrogens is 434 g/mol. The molecule has 0 aliphatic carbocycles. The number of halogens is 1. The Morgan fingerprint density at radius 1 is 0.970 bits per heavy atom. The standard InChI is InChI=1S/C27H26ClN3O2/c1-18-11-13-21(14-12-18)16-31-20(3)26(19(2)30-31)29-27(32)23-8-6-7-22(15-23)17-33-25-10-5-4-9-24(25)28/h4-15H,16-17H2,1-3H3,(H,29,32). The summed E-state index contributed by atoms with van der Waals surface area (Å²) in [6, 6.07) is 23.1. The summed E-state index contributed by atoms with van der Waals surface area (Å²) in [5.74, 6) is 0.428. The van der Waals surface area contributed by atoms with Crippen molar-refractivity contribution in [2.45, 2.75) is 33.9 Å². The number of nitrogens with zero attached hydrogens (tertiary/aromatic N) is 2. The van der Waals surface area contributed by atoms with Gasteiger partial charge in [-0.3, -0.25) is 9.48 Å². The van der Waals surface area contributed by atoms with Crippen LogP contribution in [0.25, 0.3) is 0 Å². The second-order valence-electron chi connectivity index (χ2n) is 8.06. The van der Waals surface area contributed by atoms with Crippen molar-refractivity contribution in [2.24, 2.45) is 0 Å². The fourth-order valence-corrected chi connectivity index (χ4v) is 3.80. The molecule has 1 N–H and O–H groups in total. The number of benzene rings is 3. The minimum atomic E-state index is -0.185. The summed E-state index contributed by atoms with van der Waals surface area (Å²) in [6.07, 6.45) is 0. The van der Waals surface area contributed by atoms with Gasteiger partial charge >= 0.3 is 0 Å². The van der Waals surface area contributed by atoms with Crippen LogP contribution in [0, 0.1) is 20.8 Å². The van der Waals surface area contributed by atoms with Gasteiger partial charge in [0, 0.05) is 5.56 Å². The number of hydrogen-bond acceptors (Lipinski definition) is 3. The van der Waals surface area contributed by atoms with E-state index in [1.165, 1.54) is 5.56 Å². The highest BCUT2D eigenvalue weighted by Gasteiger charge is 2.16. The molecular formula is C27H26ClN3O2. The first-order valence-corrected chi connectivity index (χ1v) is 11.2. The average molecular weight is 460 g/mol. The molecule has 4 aromatic rings. The third kappa shape index (κ3) is 5.44. The first-order chi connectivity index (χ1) is 15.9. The van der Waals surface area contributed by atoms with Crippen molar-refractivity contribution in [1.29, 1.82) is 0 Å². The zero-order valence-electron chi connectivity index (χ0n) is 18.9. The largest absolute Gasteiger partial charge is 0.487 e. The smallest absolute Gasteiger partial charge is 0.255 e. The number of aryl methyl sites for hydroxylation is 2. The van der Waals surface area contributed by atoms with Crippen LogP contribution >= 0.6 is 11.6 Å². The predicted octanol–water partition coefficient (Wildman–Crippen LogP) is 6.34. The fraction of sp³-hybridized carbons (Fsp3) is 0.185. The first-order valence-electron chi connectivity index (χ1n) is 10.8. The monoisotopic (exact) mass is 459 g/mol. The molecule has 1 amide bonds. The van der Waals surface area contributed by atoms with Gasteiger partial charge in [-0.1, -0.05) is 65.7 Å². The first kappa shape index (κ1) is 22.6. The Morgan fingerprint density at radius 3 is 2.48 bits per heavy atom. The lowest BCUT2D eigenvalue weighted by Gasteiger charge is -2.10. The molecule has 33 heavy (non-hydrogen) atoms. The van der Waals surface area contributed by atoms with E-state index in [1.807, 2.05) is 54.9 Å². The van der Waals surface area contributed by atoms with E-state index in [0.29, 0.717) is 29.5 Å². The molecule has 0 bridgehead atoms. The molecule has 1 heterocycles. The van der Waals surface area contributed by atoms with Gasteiger partial charge in [-0.05, 0) is 56.2 Å². The van der Waals surface area contributed by atoms with Crippen LogP contribution in [0.1, 0.15) is 38.4 Å². The Hall–Kier alpha value is -3.57. The lowest BCUT2D eigenvalue weighted by atomic mass is 10.1. The number of amides is 1. The van der Waals surface area contributed by atoms with E-state index in [9.17, 15) is 4.79 Å². The Morgan fingerprint density at radius 2 is 1.73 bits per heavy atom. The van der Waals surface area contributed by atoms with Gasteiger partial charge in [0.2, 0.25) is 0 Å². The topological polar surface area (TPSA) is 56.2 Å². The van der Waals surface area contributed by atoms with Crippen molar-refractivity contribution < 1.29 is 9.53 Å². The number of rotatable bonds is 7. The molecule has 1 aromatic heterocycles. The van der Waals surface area contributed by atoms with E-state index in [2.05, 4.69) is 41.6 Å². The van der Waals surface area contributed by atoms with Gasteiger partial charge in [-0.25, -0.2) is 0 Å². The molecule has 0 radical (unpaired) electrons. The number of ether oxygens (including phenoxy) is 1. The highest BCUT2D eigenvalue weighted by molar-refractivity contribution is 6.32. The molecule has 0 unspecified atom stereocenters. The zero-order valence-corrected chi connectivity index (χ0v) is 19.7. The normalized spacial score (nSPS) is 10.8. The molecule has 3 aromatic carbocycles. The molecule has 0 fully saturated rings. The molecule has 0 atom stereocenters. The number of nitrogens with one attached hydrogen (secondary N) is 1. The summed E-state index contributed by atoms with van der Waals surface area (Å²) in [6.45, 7) is 6.91. The summed E-state index contributed by atoms with van der Waals surface area (Å²) in [5, 5.41) is 8.22. The molecule has 6 heteroatoms. The molecule has 0 aliphatic rings. The second-order valence-corrected chi connectivity index (χ2v) is 8.47. The molecule has 4 rings (SSSR count). The summed E-state index contributed by atoms with van der Waals surface area (Å²) in [4.78, 5) is 13.0. The van der Waals surface area contributed by atoms with Gasteiger partial charge in [0.15, 0.2) is 0 Å². The number of hydrogen-bond donors (Lipinski definition) is 1.